The molecule has 3 rings (SSSR count). The molecule has 10 heteroatoms. The predicted molar refractivity (Wildman–Crippen MR) is 98.9 cm³/mol. The van der Waals surface area contributed by atoms with Crippen LogP contribution in [-0.4, -0.2) is 27.1 Å². The van der Waals surface area contributed by atoms with Gasteiger partial charge in [-0.15, -0.1) is 4.72 Å². The molecule has 0 aliphatic carbocycles. The Kier molecular flexibility index (Phi) is 5.33. The van der Waals surface area contributed by atoms with Crippen molar-refractivity contribution in [3.63, 3.8) is 0 Å². The van der Waals surface area contributed by atoms with Gasteiger partial charge < -0.3 is 9.29 Å². The molecule has 4 nitrogen and oxygen atoms in total. The fourth-order valence-electron chi connectivity index (χ4n) is 2.71. The van der Waals surface area contributed by atoms with Crippen LogP contribution in [0.5, 0.6) is 5.75 Å². The monoisotopic (exact) mass is 436 g/mol. The zero-order chi connectivity index (χ0) is 20.9. The summed E-state index contributed by atoms with van der Waals surface area (Å²) >= 11 is 3.96. The van der Waals surface area contributed by atoms with Crippen molar-refractivity contribution in [3.05, 3.63) is 46.9 Å². The van der Waals surface area contributed by atoms with E-state index in [1.807, 2.05) is 0 Å². The first-order valence-electron chi connectivity index (χ1n) is 8.21. The Morgan fingerprint density at radius 1 is 1.21 bits per heavy atom. The molecular formula is C18H17ClF4N2O2S. The number of pyridine rings is 1. The highest BCUT2D eigenvalue weighted by Gasteiger charge is 2.65. The SMILES string of the molecule is CC(C)(C)[S+]([O-])NC1(C(F)(F)F)COc2c1cc(Cl)nc2-c1ccc(F)cc1. The van der Waals surface area contributed by atoms with Crippen LogP contribution in [0.3, 0.4) is 0 Å². The van der Waals surface area contributed by atoms with Crippen LogP contribution in [-0.2, 0) is 16.9 Å². The van der Waals surface area contributed by atoms with Crippen LogP contribution in [0.1, 0.15) is 26.3 Å². The molecule has 1 N–H and O–H groups in total. The van der Waals surface area contributed by atoms with Gasteiger partial charge in [0.05, 0.1) is 0 Å². The Labute approximate surface area is 167 Å². The number of aromatic nitrogens is 1. The van der Waals surface area contributed by atoms with E-state index in [4.69, 9.17) is 16.3 Å². The predicted octanol–water partition coefficient (Wildman–Crippen LogP) is 4.74. The second-order valence-electron chi connectivity index (χ2n) is 7.35. The third-order valence-corrected chi connectivity index (χ3v) is 6.10. The molecule has 2 heterocycles. The molecule has 1 aromatic carbocycles. The number of alkyl halides is 3. The van der Waals surface area contributed by atoms with E-state index in [9.17, 15) is 22.1 Å². The number of ether oxygens (including phenoxy) is 1. The summed E-state index contributed by atoms with van der Waals surface area (Å²) in [5, 5.41) is -0.194. The third kappa shape index (κ3) is 3.68. The van der Waals surface area contributed by atoms with E-state index in [1.54, 1.807) is 20.8 Å². The van der Waals surface area contributed by atoms with E-state index in [2.05, 4.69) is 9.71 Å². The average molecular weight is 437 g/mol. The van der Waals surface area contributed by atoms with E-state index in [-0.39, 0.29) is 22.2 Å². The fraction of sp³-hybridized carbons (Fsp3) is 0.389. The summed E-state index contributed by atoms with van der Waals surface area (Å²) in [6, 6.07) is 6.10. The summed E-state index contributed by atoms with van der Waals surface area (Å²) in [6.45, 7) is 3.84. The maximum atomic E-state index is 14.2. The van der Waals surface area contributed by atoms with Crippen LogP contribution in [0.15, 0.2) is 30.3 Å². The molecule has 0 radical (unpaired) electrons. The van der Waals surface area contributed by atoms with Gasteiger partial charge in [0, 0.05) is 22.5 Å². The zero-order valence-corrected chi connectivity index (χ0v) is 16.7. The number of nitrogens with one attached hydrogen (secondary N) is 1. The summed E-state index contributed by atoms with van der Waals surface area (Å²) < 4.78 is 74.9. The molecule has 1 aliphatic heterocycles. The lowest BCUT2D eigenvalue weighted by atomic mass is 9.92. The lowest BCUT2D eigenvalue weighted by Crippen LogP contribution is -2.60. The molecule has 0 bridgehead atoms. The minimum absolute atomic E-state index is 0.0527. The van der Waals surface area contributed by atoms with Crippen molar-refractivity contribution in [2.45, 2.75) is 37.2 Å². The molecular weight excluding hydrogens is 420 g/mol. The van der Waals surface area contributed by atoms with Crippen LogP contribution in [0.25, 0.3) is 11.3 Å². The first-order valence-corrected chi connectivity index (χ1v) is 9.74. The van der Waals surface area contributed by atoms with Gasteiger partial charge in [-0.2, -0.15) is 13.2 Å². The minimum Gasteiger partial charge on any atom is -0.598 e. The Morgan fingerprint density at radius 3 is 2.36 bits per heavy atom. The Hall–Kier alpha value is -1.55. The highest BCUT2D eigenvalue weighted by molar-refractivity contribution is 7.90. The summed E-state index contributed by atoms with van der Waals surface area (Å²) in [4.78, 5) is 4.07. The van der Waals surface area contributed by atoms with Crippen LogP contribution >= 0.6 is 11.6 Å². The summed E-state index contributed by atoms with van der Waals surface area (Å²) in [7, 11) is 0. The van der Waals surface area contributed by atoms with Crippen LogP contribution in [0, 0.1) is 5.82 Å². The third-order valence-electron chi connectivity index (χ3n) is 4.26. The Morgan fingerprint density at radius 2 is 1.82 bits per heavy atom. The molecule has 2 unspecified atom stereocenters. The summed E-state index contributed by atoms with van der Waals surface area (Å²) in [5.41, 5.74) is -2.63. The molecule has 28 heavy (non-hydrogen) atoms. The van der Waals surface area contributed by atoms with E-state index in [0.29, 0.717) is 5.56 Å². The van der Waals surface area contributed by atoms with E-state index < -0.39 is 40.2 Å². The van der Waals surface area contributed by atoms with Gasteiger partial charge in [-0.3, -0.25) is 0 Å². The van der Waals surface area contributed by atoms with Gasteiger partial charge in [0.2, 0.25) is 5.54 Å². The van der Waals surface area contributed by atoms with Crippen molar-refractivity contribution in [2.24, 2.45) is 0 Å². The van der Waals surface area contributed by atoms with Crippen molar-refractivity contribution >= 4 is 23.0 Å². The Bertz CT molecular complexity index is 887. The average Bonchev–Trinajstić information content (AvgIpc) is 2.93. The van der Waals surface area contributed by atoms with Crippen LogP contribution in [0.2, 0.25) is 5.15 Å². The second-order valence-corrected chi connectivity index (χ2v) is 9.71. The number of nitrogens with zero attached hydrogens (tertiary/aromatic N) is 1. The molecule has 0 fully saturated rings. The zero-order valence-electron chi connectivity index (χ0n) is 15.2. The smallest absolute Gasteiger partial charge is 0.418 e. The molecule has 0 amide bonds. The first kappa shape index (κ1) is 21.2. The standard InChI is InChI=1S/C18H17ClF4N2O2S/c1-16(2,3)28(26)25-17(18(21,22)23)9-27-15-12(17)8-13(19)24-14(15)10-4-6-11(20)7-5-10/h4-8,25H,9H2,1-3H3. The van der Waals surface area contributed by atoms with Gasteiger partial charge in [-0.1, -0.05) is 11.6 Å². The number of hydrogen-bond acceptors (Lipinski definition) is 4. The lowest BCUT2D eigenvalue weighted by Gasteiger charge is -2.35. The highest BCUT2D eigenvalue weighted by atomic mass is 35.5. The van der Waals surface area contributed by atoms with Crippen molar-refractivity contribution in [1.29, 1.82) is 0 Å². The van der Waals surface area contributed by atoms with Gasteiger partial charge in [0.15, 0.2) is 5.75 Å². The molecule has 0 saturated heterocycles. The molecule has 152 valence electrons. The quantitative estimate of drug-likeness (QED) is 0.429. The molecule has 0 spiro atoms. The van der Waals surface area contributed by atoms with E-state index in [1.165, 1.54) is 12.1 Å². The number of rotatable bonds is 3. The topological polar surface area (TPSA) is 57.2 Å². The van der Waals surface area contributed by atoms with Crippen molar-refractivity contribution in [2.75, 3.05) is 6.61 Å². The van der Waals surface area contributed by atoms with Gasteiger partial charge in [-0.25, -0.2) is 9.37 Å². The van der Waals surface area contributed by atoms with Crippen LogP contribution in [0.4, 0.5) is 17.6 Å². The lowest BCUT2D eigenvalue weighted by molar-refractivity contribution is -0.196. The number of hydrogen-bond donors (Lipinski definition) is 1. The van der Waals surface area contributed by atoms with Crippen molar-refractivity contribution < 1.29 is 26.9 Å². The molecule has 2 aromatic rings. The first-order chi connectivity index (χ1) is 12.8. The summed E-state index contributed by atoms with van der Waals surface area (Å²) in [6.07, 6.45) is -4.83. The minimum atomic E-state index is -4.83. The van der Waals surface area contributed by atoms with Crippen LogP contribution < -0.4 is 9.46 Å². The number of halogens is 5. The molecule has 1 aromatic heterocycles. The molecule has 0 saturated carbocycles. The maximum Gasteiger partial charge on any atom is 0.418 e. The second kappa shape index (κ2) is 7.05. The van der Waals surface area contributed by atoms with Gasteiger partial charge in [-0.05, 0) is 51.1 Å². The normalized spacial score (nSPS) is 20.6. The fourth-order valence-corrected chi connectivity index (χ4v) is 3.82. The summed E-state index contributed by atoms with van der Waals surface area (Å²) in [5.74, 6) is -0.637. The van der Waals surface area contributed by atoms with Crippen molar-refractivity contribution in [3.8, 4) is 17.0 Å². The van der Waals surface area contributed by atoms with Gasteiger partial charge >= 0.3 is 6.18 Å². The number of benzene rings is 1. The van der Waals surface area contributed by atoms with Crippen molar-refractivity contribution in [1.82, 2.24) is 9.71 Å². The Balaban J connectivity index is 2.18. The molecule has 2 atom stereocenters. The van der Waals surface area contributed by atoms with Gasteiger partial charge in [0.1, 0.15) is 28.0 Å². The molecule has 1 aliphatic rings. The van der Waals surface area contributed by atoms with Gasteiger partial charge in [0.25, 0.3) is 0 Å². The maximum absolute atomic E-state index is 14.2. The van der Waals surface area contributed by atoms with E-state index in [0.717, 1.165) is 18.2 Å². The number of fused-ring (bicyclic) bond motifs is 1. The largest absolute Gasteiger partial charge is 0.598 e. The van der Waals surface area contributed by atoms with E-state index >= 15 is 0 Å². The highest BCUT2D eigenvalue weighted by Crippen LogP contribution is 2.51.